The van der Waals surface area contributed by atoms with Crippen LogP contribution >= 0.6 is 0 Å². The average Bonchev–Trinajstić information content (AvgIpc) is 2.99. The topological polar surface area (TPSA) is 37.7 Å². The number of aryl methyl sites for hydroxylation is 1. The summed E-state index contributed by atoms with van der Waals surface area (Å²) in [6.07, 6.45) is 3.18. The van der Waals surface area contributed by atoms with Gasteiger partial charge in [0, 0.05) is 31.5 Å². The maximum Gasteiger partial charge on any atom is 0.255 e. The number of methoxy groups -OCH3 is 1. The summed E-state index contributed by atoms with van der Waals surface area (Å²) < 4.78 is 7.36. The quantitative estimate of drug-likeness (QED) is 0.715. The third-order valence-electron chi connectivity index (χ3n) is 6.44. The molecule has 0 atom stereocenters. The summed E-state index contributed by atoms with van der Waals surface area (Å²) in [5.41, 5.74) is 4.24. The lowest BCUT2D eigenvalue weighted by Crippen LogP contribution is -2.41. The highest BCUT2D eigenvalue weighted by Gasteiger charge is 2.25. The average molecular weight is 398 g/mol. The van der Waals surface area contributed by atoms with Gasteiger partial charge in [-0.3, -0.25) is 4.79 Å². The minimum atomic E-state index is 0.165. The second-order valence-corrected chi connectivity index (χ2v) is 8.44. The Labute approximate surface area is 175 Å². The number of piperidine rings is 1. The molecule has 0 aliphatic carbocycles. The molecule has 0 unspecified atom stereocenters. The number of carbonyl (C=O) groups excluding carboxylic acids is 1. The van der Waals surface area contributed by atoms with Crippen molar-refractivity contribution >= 4 is 5.91 Å². The number of nitrogens with zero attached hydrogens (tertiary/aromatic N) is 3. The van der Waals surface area contributed by atoms with Crippen LogP contribution in [-0.2, 0) is 13.5 Å². The molecule has 0 bridgehead atoms. The molecule has 2 aromatic rings. The molecule has 1 amide bonds. The first kappa shape index (κ1) is 21.4. The van der Waals surface area contributed by atoms with Gasteiger partial charge in [-0.15, -0.1) is 0 Å². The van der Waals surface area contributed by atoms with E-state index >= 15 is 0 Å². The van der Waals surface area contributed by atoms with Gasteiger partial charge in [0.1, 0.15) is 5.75 Å². The van der Waals surface area contributed by atoms with E-state index < -0.39 is 0 Å². The van der Waals surface area contributed by atoms with Crippen LogP contribution in [0.4, 0.5) is 0 Å². The number of amides is 1. The number of likely N-dealkylation sites (tertiary alicyclic amines) is 1. The second kappa shape index (κ2) is 9.49. The molecule has 1 aliphatic heterocycles. The number of carbonyl (C=O) groups is 1. The van der Waals surface area contributed by atoms with Crippen LogP contribution in [0.1, 0.15) is 40.2 Å². The van der Waals surface area contributed by atoms with Gasteiger partial charge in [0.15, 0.2) is 0 Å². The van der Waals surface area contributed by atoms with Crippen molar-refractivity contribution in [3.63, 3.8) is 0 Å². The van der Waals surface area contributed by atoms with Gasteiger partial charge in [0.05, 0.1) is 12.7 Å². The highest BCUT2D eigenvalue weighted by molar-refractivity contribution is 5.95. The maximum absolute atomic E-state index is 13.5. The maximum atomic E-state index is 13.5. The zero-order valence-electron chi connectivity index (χ0n) is 18.6. The van der Waals surface area contributed by atoms with Crippen molar-refractivity contribution in [2.75, 3.05) is 40.3 Å². The molecule has 0 N–H and O–H groups in total. The van der Waals surface area contributed by atoms with E-state index in [1.807, 2.05) is 32.2 Å². The van der Waals surface area contributed by atoms with Crippen molar-refractivity contribution < 1.29 is 9.53 Å². The largest absolute Gasteiger partial charge is 0.497 e. The number of rotatable bonds is 7. The van der Waals surface area contributed by atoms with Crippen LogP contribution in [0.25, 0.3) is 0 Å². The fourth-order valence-electron chi connectivity index (χ4n) is 4.13. The van der Waals surface area contributed by atoms with E-state index in [4.69, 9.17) is 4.74 Å². The Balaban J connectivity index is 1.74. The van der Waals surface area contributed by atoms with Crippen LogP contribution in [0, 0.1) is 19.8 Å². The summed E-state index contributed by atoms with van der Waals surface area (Å²) in [4.78, 5) is 17.9. The number of hydrogen-bond acceptors (Lipinski definition) is 3. The van der Waals surface area contributed by atoms with E-state index in [1.54, 1.807) is 7.11 Å². The Hall–Kier alpha value is -2.27. The highest BCUT2D eigenvalue weighted by atomic mass is 16.5. The Morgan fingerprint density at radius 1 is 1.14 bits per heavy atom. The molecule has 1 fully saturated rings. The number of benzene rings is 1. The molecule has 0 spiro atoms. The first-order valence-corrected chi connectivity index (χ1v) is 10.6. The van der Waals surface area contributed by atoms with Crippen molar-refractivity contribution in [1.29, 1.82) is 0 Å². The van der Waals surface area contributed by atoms with E-state index in [0.717, 1.165) is 68.1 Å². The molecule has 0 saturated carbocycles. The summed E-state index contributed by atoms with van der Waals surface area (Å²) in [5, 5.41) is 0. The third kappa shape index (κ3) is 5.21. The highest BCUT2D eigenvalue weighted by Crippen LogP contribution is 2.21. The van der Waals surface area contributed by atoms with Gasteiger partial charge in [-0.25, -0.2) is 0 Å². The van der Waals surface area contributed by atoms with Crippen molar-refractivity contribution in [3.8, 4) is 5.75 Å². The molecule has 1 saturated heterocycles. The SMILES string of the molecule is COc1ccc(CCN(CC2CCN(C)CC2)C(=O)c2cc(C)n(C)c2C)cc1. The molecular weight excluding hydrogens is 362 g/mol. The van der Waals surface area contributed by atoms with Gasteiger partial charge >= 0.3 is 0 Å². The van der Waals surface area contributed by atoms with Gasteiger partial charge in [-0.1, -0.05) is 12.1 Å². The van der Waals surface area contributed by atoms with E-state index in [-0.39, 0.29) is 5.91 Å². The molecule has 2 heterocycles. The minimum absolute atomic E-state index is 0.165. The standard InChI is InChI=1S/C24H35N3O2/c1-18-16-23(19(2)26(18)4)24(28)27(17-21-10-13-25(3)14-11-21)15-12-20-6-8-22(29-5)9-7-20/h6-9,16,21H,10-15,17H2,1-5H3. The molecule has 5 nitrogen and oxygen atoms in total. The molecule has 5 heteroatoms. The molecule has 0 radical (unpaired) electrons. The van der Waals surface area contributed by atoms with Crippen LogP contribution in [0.15, 0.2) is 30.3 Å². The predicted octanol–water partition coefficient (Wildman–Crippen LogP) is 3.68. The van der Waals surface area contributed by atoms with Gasteiger partial charge in [-0.05, 0) is 82.9 Å². The fourth-order valence-corrected chi connectivity index (χ4v) is 4.13. The summed E-state index contributed by atoms with van der Waals surface area (Å²) in [6.45, 7) is 7.92. The van der Waals surface area contributed by atoms with Crippen molar-refractivity contribution in [2.24, 2.45) is 13.0 Å². The van der Waals surface area contributed by atoms with Gasteiger partial charge in [-0.2, -0.15) is 0 Å². The number of aromatic nitrogens is 1. The van der Waals surface area contributed by atoms with Crippen molar-refractivity contribution in [3.05, 3.63) is 52.8 Å². The normalized spacial score (nSPS) is 15.5. The Morgan fingerprint density at radius 3 is 2.34 bits per heavy atom. The smallest absolute Gasteiger partial charge is 0.255 e. The van der Waals surface area contributed by atoms with E-state index in [2.05, 4.69) is 40.5 Å². The molecule has 1 aliphatic rings. The van der Waals surface area contributed by atoms with Crippen LogP contribution in [0.3, 0.4) is 0 Å². The second-order valence-electron chi connectivity index (χ2n) is 8.44. The minimum Gasteiger partial charge on any atom is -0.497 e. The lowest BCUT2D eigenvalue weighted by atomic mass is 9.96. The molecule has 29 heavy (non-hydrogen) atoms. The first-order valence-electron chi connectivity index (χ1n) is 10.6. The van der Waals surface area contributed by atoms with Crippen LogP contribution in [-0.4, -0.2) is 60.6 Å². The molecule has 1 aromatic carbocycles. The number of ether oxygens (including phenoxy) is 1. The first-order chi connectivity index (χ1) is 13.9. The third-order valence-corrected chi connectivity index (χ3v) is 6.44. The monoisotopic (exact) mass is 397 g/mol. The Bertz CT molecular complexity index is 817. The molecule has 158 valence electrons. The lowest BCUT2D eigenvalue weighted by molar-refractivity contribution is 0.0699. The zero-order chi connectivity index (χ0) is 21.0. The zero-order valence-corrected chi connectivity index (χ0v) is 18.6. The van der Waals surface area contributed by atoms with Crippen molar-refractivity contribution in [2.45, 2.75) is 33.1 Å². The number of hydrogen-bond donors (Lipinski definition) is 0. The van der Waals surface area contributed by atoms with E-state index in [1.165, 1.54) is 5.56 Å². The van der Waals surface area contributed by atoms with Crippen LogP contribution < -0.4 is 4.74 Å². The fraction of sp³-hybridized carbons (Fsp3) is 0.542. The van der Waals surface area contributed by atoms with E-state index in [0.29, 0.717) is 5.92 Å². The Morgan fingerprint density at radius 2 is 1.79 bits per heavy atom. The molecule has 3 rings (SSSR count). The predicted molar refractivity (Wildman–Crippen MR) is 118 cm³/mol. The summed E-state index contributed by atoms with van der Waals surface area (Å²) in [6, 6.07) is 10.2. The van der Waals surface area contributed by atoms with Gasteiger partial charge in [0.25, 0.3) is 5.91 Å². The molecule has 1 aromatic heterocycles. The molecular formula is C24H35N3O2. The van der Waals surface area contributed by atoms with Crippen LogP contribution in [0.5, 0.6) is 5.75 Å². The lowest BCUT2D eigenvalue weighted by Gasteiger charge is -2.33. The van der Waals surface area contributed by atoms with Gasteiger partial charge < -0.3 is 19.1 Å². The summed E-state index contributed by atoms with van der Waals surface area (Å²) in [5.74, 6) is 1.61. The summed E-state index contributed by atoms with van der Waals surface area (Å²) >= 11 is 0. The Kier molecular flexibility index (Phi) is 7.01. The van der Waals surface area contributed by atoms with Gasteiger partial charge in [0.2, 0.25) is 0 Å². The van der Waals surface area contributed by atoms with Crippen molar-refractivity contribution in [1.82, 2.24) is 14.4 Å². The summed E-state index contributed by atoms with van der Waals surface area (Å²) in [7, 11) is 5.89. The van der Waals surface area contributed by atoms with Crippen LogP contribution in [0.2, 0.25) is 0 Å². The van der Waals surface area contributed by atoms with E-state index in [9.17, 15) is 4.79 Å².